The number of carbonyl (C=O) groups is 2. The maximum Gasteiger partial charge on any atom is 0.306 e. The third-order valence-electron chi connectivity index (χ3n) is 5.35. The third kappa shape index (κ3) is 3.52. The summed E-state index contributed by atoms with van der Waals surface area (Å²) in [6, 6.07) is 7.84. The van der Waals surface area contributed by atoms with Crippen LogP contribution in [0.25, 0.3) is 0 Å². The van der Waals surface area contributed by atoms with Crippen molar-refractivity contribution in [3.63, 3.8) is 0 Å². The molecule has 0 atom stereocenters. The molecule has 3 rings (SSSR count). The molecule has 2 aliphatic rings. The molecule has 0 spiro atoms. The van der Waals surface area contributed by atoms with Gasteiger partial charge in [-0.05, 0) is 50.2 Å². The molecule has 0 heterocycles. The topological polar surface area (TPSA) is 66.4 Å². The highest BCUT2D eigenvalue weighted by Gasteiger charge is 2.45. The predicted molar refractivity (Wildman–Crippen MR) is 88.5 cm³/mol. The van der Waals surface area contributed by atoms with Crippen LogP contribution in [0.3, 0.4) is 0 Å². The number of amides is 1. The van der Waals surface area contributed by atoms with Gasteiger partial charge in [0.15, 0.2) is 0 Å². The highest BCUT2D eigenvalue weighted by molar-refractivity contribution is 6.31. The lowest BCUT2D eigenvalue weighted by molar-refractivity contribution is -0.144. The van der Waals surface area contributed by atoms with Gasteiger partial charge in [-0.25, -0.2) is 0 Å². The summed E-state index contributed by atoms with van der Waals surface area (Å²) >= 11 is 6.29. The molecule has 124 valence electrons. The first-order chi connectivity index (χ1) is 11.0. The summed E-state index contributed by atoms with van der Waals surface area (Å²) in [6.45, 7) is 0.619. The zero-order valence-corrected chi connectivity index (χ0v) is 13.8. The van der Waals surface area contributed by atoms with Gasteiger partial charge in [-0.3, -0.25) is 9.59 Å². The van der Waals surface area contributed by atoms with E-state index in [0.717, 1.165) is 23.4 Å². The number of carboxylic acids is 1. The lowest BCUT2D eigenvalue weighted by Gasteiger charge is -2.26. The van der Waals surface area contributed by atoms with Crippen LogP contribution in [0, 0.1) is 11.8 Å². The Bertz CT molecular complexity index is 604. The molecule has 23 heavy (non-hydrogen) atoms. The molecule has 0 aliphatic heterocycles. The van der Waals surface area contributed by atoms with E-state index in [9.17, 15) is 9.59 Å². The van der Waals surface area contributed by atoms with Crippen molar-refractivity contribution in [3.8, 4) is 0 Å². The number of aliphatic carboxylic acids is 1. The van der Waals surface area contributed by atoms with Crippen molar-refractivity contribution in [1.82, 2.24) is 5.32 Å². The van der Waals surface area contributed by atoms with Crippen molar-refractivity contribution in [2.75, 3.05) is 6.54 Å². The first kappa shape index (κ1) is 16.3. The maximum absolute atomic E-state index is 12.4. The summed E-state index contributed by atoms with van der Waals surface area (Å²) in [5.41, 5.74) is 1.11. The summed E-state index contributed by atoms with van der Waals surface area (Å²) < 4.78 is 0. The van der Waals surface area contributed by atoms with Crippen LogP contribution < -0.4 is 5.32 Å². The second-order valence-electron chi connectivity index (χ2n) is 6.86. The van der Waals surface area contributed by atoms with Crippen LogP contribution in [-0.4, -0.2) is 23.5 Å². The Labute approximate surface area is 141 Å². The highest BCUT2D eigenvalue weighted by Crippen LogP contribution is 2.50. The van der Waals surface area contributed by atoms with E-state index in [-0.39, 0.29) is 23.2 Å². The van der Waals surface area contributed by atoms with Crippen LogP contribution in [0.1, 0.15) is 44.1 Å². The fourth-order valence-electron chi connectivity index (χ4n) is 3.59. The van der Waals surface area contributed by atoms with Gasteiger partial charge in [0.2, 0.25) is 5.91 Å². The standard InChI is InChI=1S/C18H22ClNO3/c19-15-4-2-1-3-14(15)18(9-10-18)11-20-16(21)12-5-7-13(8-6-12)17(22)23/h1-4,12-13H,5-11H2,(H,20,21)(H,22,23). The van der Waals surface area contributed by atoms with Crippen LogP contribution in [0.15, 0.2) is 24.3 Å². The molecular formula is C18H22ClNO3. The van der Waals surface area contributed by atoms with Gasteiger partial charge >= 0.3 is 5.97 Å². The minimum Gasteiger partial charge on any atom is -0.481 e. The van der Waals surface area contributed by atoms with Crippen molar-refractivity contribution >= 4 is 23.5 Å². The first-order valence-corrected chi connectivity index (χ1v) is 8.65. The van der Waals surface area contributed by atoms with E-state index in [4.69, 9.17) is 16.7 Å². The molecule has 0 radical (unpaired) electrons. The number of carbonyl (C=O) groups excluding carboxylic acids is 1. The van der Waals surface area contributed by atoms with E-state index in [1.165, 1.54) is 0 Å². The zero-order valence-electron chi connectivity index (χ0n) is 13.1. The van der Waals surface area contributed by atoms with Crippen molar-refractivity contribution < 1.29 is 14.7 Å². The normalized spacial score (nSPS) is 25.6. The summed E-state index contributed by atoms with van der Waals surface area (Å²) in [5.74, 6) is -1.00. The Hall–Kier alpha value is -1.55. The molecule has 0 saturated heterocycles. The minimum absolute atomic E-state index is 0.00767. The van der Waals surface area contributed by atoms with Gasteiger partial charge in [-0.15, -0.1) is 0 Å². The van der Waals surface area contributed by atoms with Gasteiger partial charge in [-0.2, -0.15) is 0 Å². The molecule has 2 saturated carbocycles. The second-order valence-corrected chi connectivity index (χ2v) is 7.27. The Balaban J connectivity index is 1.54. The van der Waals surface area contributed by atoms with E-state index >= 15 is 0 Å². The Kier molecular flexibility index (Phi) is 4.62. The van der Waals surface area contributed by atoms with Gasteiger partial charge in [0, 0.05) is 22.9 Å². The minimum atomic E-state index is -0.737. The molecule has 2 fully saturated rings. The van der Waals surface area contributed by atoms with Gasteiger partial charge in [0.05, 0.1) is 5.92 Å². The van der Waals surface area contributed by atoms with Crippen LogP contribution in [0.5, 0.6) is 0 Å². The summed E-state index contributed by atoms with van der Waals surface area (Å²) in [4.78, 5) is 23.3. The number of hydrogen-bond acceptors (Lipinski definition) is 2. The van der Waals surface area contributed by atoms with E-state index in [1.54, 1.807) is 0 Å². The zero-order chi connectivity index (χ0) is 16.4. The van der Waals surface area contributed by atoms with Crippen molar-refractivity contribution in [2.45, 2.75) is 43.9 Å². The Morgan fingerprint density at radius 1 is 1.13 bits per heavy atom. The molecule has 1 aromatic rings. The summed E-state index contributed by atoms with van der Waals surface area (Å²) in [7, 11) is 0. The quantitative estimate of drug-likeness (QED) is 0.866. The highest BCUT2D eigenvalue weighted by atomic mass is 35.5. The fourth-order valence-corrected chi connectivity index (χ4v) is 3.92. The second kappa shape index (κ2) is 6.52. The molecular weight excluding hydrogens is 314 g/mol. The fraction of sp³-hybridized carbons (Fsp3) is 0.556. The average molecular weight is 336 g/mol. The van der Waals surface area contributed by atoms with Gasteiger partial charge in [-0.1, -0.05) is 29.8 Å². The molecule has 5 heteroatoms. The summed E-state index contributed by atoms with van der Waals surface area (Å²) in [6.07, 6.45) is 4.63. The SMILES string of the molecule is O=C(O)C1CCC(C(=O)NCC2(c3ccccc3Cl)CC2)CC1. The van der Waals surface area contributed by atoms with E-state index < -0.39 is 5.97 Å². The molecule has 1 amide bonds. The van der Waals surface area contributed by atoms with Crippen LogP contribution in [0.2, 0.25) is 5.02 Å². The van der Waals surface area contributed by atoms with Crippen molar-refractivity contribution in [3.05, 3.63) is 34.9 Å². The van der Waals surface area contributed by atoms with Crippen LogP contribution in [-0.2, 0) is 15.0 Å². The lowest BCUT2D eigenvalue weighted by Crippen LogP contribution is -2.38. The molecule has 0 bridgehead atoms. The number of carboxylic acid groups (broad SMARTS) is 1. The maximum atomic E-state index is 12.4. The van der Waals surface area contributed by atoms with Crippen LogP contribution >= 0.6 is 11.6 Å². The Morgan fingerprint density at radius 3 is 2.30 bits per heavy atom. The van der Waals surface area contributed by atoms with E-state index in [2.05, 4.69) is 5.32 Å². The average Bonchev–Trinajstić information content (AvgIpc) is 3.34. The van der Waals surface area contributed by atoms with Gasteiger partial charge < -0.3 is 10.4 Å². The first-order valence-electron chi connectivity index (χ1n) is 8.27. The monoisotopic (exact) mass is 335 g/mol. The molecule has 0 aromatic heterocycles. The van der Waals surface area contributed by atoms with Crippen molar-refractivity contribution in [2.24, 2.45) is 11.8 Å². The molecule has 0 unspecified atom stereocenters. The van der Waals surface area contributed by atoms with Gasteiger partial charge in [0.1, 0.15) is 0 Å². The molecule has 2 N–H and O–H groups in total. The number of benzene rings is 1. The molecule has 1 aromatic carbocycles. The Morgan fingerprint density at radius 2 is 1.74 bits per heavy atom. The van der Waals surface area contributed by atoms with Crippen molar-refractivity contribution in [1.29, 1.82) is 0 Å². The van der Waals surface area contributed by atoms with E-state index in [1.807, 2.05) is 24.3 Å². The van der Waals surface area contributed by atoms with E-state index in [0.29, 0.717) is 32.2 Å². The van der Waals surface area contributed by atoms with Crippen LogP contribution in [0.4, 0.5) is 0 Å². The molecule has 4 nitrogen and oxygen atoms in total. The van der Waals surface area contributed by atoms with Gasteiger partial charge in [0.25, 0.3) is 0 Å². The predicted octanol–water partition coefficient (Wildman–Crippen LogP) is 3.38. The summed E-state index contributed by atoms with van der Waals surface area (Å²) in [5, 5.41) is 12.9. The molecule has 2 aliphatic carbocycles. The largest absolute Gasteiger partial charge is 0.481 e. The number of rotatable bonds is 5. The smallest absolute Gasteiger partial charge is 0.306 e. The number of halogens is 1. The number of hydrogen-bond donors (Lipinski definition) is 2. The lowest BCUT2D eigenvalue weighted by atomic mass is 9.81. The third-order valence-corrected chi connectivity index (χ3v) is 5.68. The number of nitrogens with one attached hydrogen (secondary N) is 1.